The molecule has 12 nitrogen and oxygen atoms in total. The zero-order valence-electron chi connectivity index (χ0n) is 12.3. The molecule has 2 aromatic rings. The van der Waals surface area contributed by atoms with Crippen molar-refractivity contribution in [3.8, 4) is 0 Å². The molecule has 0 spiro atoms. The summed E-state index contributed by atoms with van der Waals surface area (Å²) in [5, 5.41) is 19.9. The van der Waals surface area contributed by atoms with Crippen molar-refractivity contribution >= 4 is 21.6 Å². The maximum Gasteiger partial charge on any atom is 1.00 e. The quantitative estimate of drug-likeness (QED) is 0.266. The summed E-state index contributed by atoms with van der Waals surface area (Å²) >= 11 is 0. The first-order chi connectivity index (χ1) is 10.8. The summed E-state index contributed by atoms with van der Waals surface area (Å²) in [4.78, 5) is 21.7. The number of fused-ring (bicyclic) bond motifs is 1. The van der Waals surface area contributed by atoms with Gasteiger partial charge in [-0.1, -0.05) is 0 Å². The van der Waals surface area contributed by atoms with Gasteiger partial charge in [0.2, 0.25) is 10.4 Å². The number of aliphatic hydroxyl groups excluding tert-OH is 2. The minimum atomic E-state index is -4.96. The van der Waals surface area contributed by atoms with Crippen molar-refractivity contribution in [3.05, 3.63) is 23.0 Å². The topological polar surface area (TPSA) is 180 Å². The zero-order valence-corrected chi connectivity index (χ0v) is 15.1. The van der Waals surface area contributed by atoms with Gasteiger partial charge in [0.1, 0.15) is 18.3 Å². The van der Waals surface area contributed by atoms with Crippen LogP contribution in [0.5, 0.6) is 0 Å². The number of rotatable bonds is 4. The molecular weight excluding hydrogens is 359 g/mol. The van der Waals surface area contributed by atoms with Gasteiger partial charge in [0.25, 0.3) is 5.56 Å². The molecule has 2 aromatic heterocycles. The van der Waals surface area contributed by atoms with Crippen LogP contribution in [0, 0.1) is 0 Å². The summed E-state index contributed by atoms with van der Waals surface area (Å²) in [6, 6.07) is 0. The number of ether oxygens (including phenoxy) is 1. The fourth-order valence-corrected chi connectivity index (χ4v) is 2.60. The van der Waals surface area contributed by atoms with E-state index in [9.17, 15) is 28.0 Å². The van der Waals surface area contributed by atoms with E-state index < -0.39 is 47.1 Å². The van der Waals surface area contributed by atoms with Crippen LogP contribution in [0.25, 0.3) is 11.2 Å². The average molecular weight is 370 g/mol. The Morgan fingerprint density at radius 3 is 2.75 bits per heavy atom. The van der Waals surface area contributed by atoms with E-state index in [1.54, 1.807) is 0 Å². The Morgan fingerprint density at radius 2 is 2.08 bits per heavy atom. The summed E-state index contributed by atoms with van der Waals surface area (Å²) in [6.45, 7) is -0.763. The van der Waals surface area contributed by atoms with Crippen molar-refractivity contribution in [3.63, 3.8) is 0 Å². The molecule has 1 fully saturated rings. The van der Waals surface area contributed by atoms with Gasteiger partial charge in [-0.25, -0.2) is 18.4 Å². The van der Waals surface area contributed by atoms with E-state index >= 15 is 0 Å². The molecule has 14 heteroatoms. The van der Waals surface area contributed by atoms with Gasteiger partial charge in [0.15, 0.2) is 17.4 Å². The predicted molar refractivity (Wildman–Crippen MR) is 69.7 cm³/mol. The van der Waals surface area contributed by atoms with Gasteiger partial charge in [0.05, 0.1) is 19.3 Å². The first-order valence-electron chi connectivity index (χ1n) is 6.30. The molecule has 0 amide bonds. The van der Waals surface area contributed by atoms with E-state index in [1.165, 1.54) is 10.9 Å². The van der Waals surface area contributed by atoms with Gasteiger partial charge in [0, 0.05) is 0 Å². The molecule has 3 rings (SSSR count). The van der Waals surface area contributed by atoms with Crippen molar-refractivity contribution in [2.24, 2.45) is 0 Å². The minimum absolute atomic E-state index is 0. The van der Waals surface area contributed by atoms with Crippen molar-refractivity contribution in [1.82, 2.24) is 19.5 Å². The van der Waals surface area contributed by atoms with E-state index in [1.807, 2.05) is 0 Å². The van der Waals surface area contributed by atoms with Gasteiger partial charge in [-0.3, -0.25) is 13.5 Å². The molecule has 4 atom stereocenters. The summed E-state index contributed by atoms with van der Waals surface area (Å²) in [7, 11) is -4.96. The first-order valence-corrected chi connectivity index (χ1v) is 7.63. The summed E-state index contributed by atoms with van der Waals surface area (Å²) < 4.78 is 41.9. The number of hydrogen-bond donors (Lipinski definition) is 3. The third-order valence-electron chi connectivity index (χ3n) is 3.35. The van der Waals surface area contributed by atoms with E-state index in [-0.39, 0.29) is 40.7 Å². The third kappa shape index (κ3) is 3.68. The number of aromatic nitrogens is 4. The van der Waals surface area contributed by atoms with E-state index in [4.69, 9.17) is 4.74 Å². The van der Waals surface area contributed by atoms with E-state index in [0.717, 1.165) is 6.33 Å². The SMILES string of the molecule is O=c1[nH]cnc2c1ncn2C1O[C@H](COS(=O)(=O)[O-])C(O)C1O.[Na+]. The molecule has 1 aliphatic heterocycles. The zero-order chi connectivity index (χ0) is 16.8. The normalized spacial score (nSPS) is 27.3. The monoisotopic (exact) mass is 370 g/mol. The molecule has 126 valence electrons. The van der Waals surface area contributed by atoms with Crippen molar-refractivity contribution in [2.75, 3.05) is 6.61 Å². The van der Waals surface area contributed by atoms with Crippen molar-refractivity contribution in [1.29, 1.82) is 0 Å². The second kappa shape index (κ2) is 7.15. The van der Waals surface area contributed by atoms with Gasteiger partial charge < -0.3 is 24.5 Å². The van der Waals surface area contributed by atoms with E-state index in [2.05, 4.69) is 19.1 Å². The summed E-state index contributed by atoms with van der Waals surface area (Å²) in [5.74, 6) is 0. The van der Waals surface area contributed by atoms with Crippen LogP contribution in [0.1, 0.15) is 6.23 Å². The number of hydrogen-bond acceptors (Lipinski definition) is 10. The van der Waals surface area contributed by atoms with Crippen LogP contribution in [-0.4, -0.2) is 67.6 Å². The first kappa shape index (κ1) is 19.4. The molecule has 3 N–H and O–H groups in total. The number of aliphatic hydroxyl groups is 2. The van der Waals surface area contributed by atoms with Gasteiger partial charge >= 0.3 is 29.6 Å². The minimum Gasteiger partial charge on any atom is -0.726 e. The number of nitrogens with zero attached hydrogens (tertiary/aromatic N) is 3. The van der Waals surface area contributed by atoms with Gasteiger partial charge in [-0.05, 0) is 0 Å². The fraction of sp³-hybridized carbons (Fsp3) is 0.500. The Bertz CT molecular complexity index is 882. The van der Waals surface area contributed by atoms with Crippen LogP contribution in [0.2, 0.25) is 0 Å². The van der Waals surface area contributed by atoms with Crippen LogP contribution >= 0.6 is 0 Å². The summed E-state index contributed by atoms with van der Waals surface area (Å²) in [6.07, 6.45) is -3.13. The van der Waals surface area contributed by atoms with Crippen molar-refractivity contribution in [2.45, 2.75) is 24.5 Å². The number of imidazole rings is 1. The third-order valence-corrected chi connectivity index (χ3v) is 3.78. The molecular formula is C10H11N4NaO8S. The average Bonchev–Trinajstić information content (AvgIpc) is 3.01. The van der Waals surface area contributed by atoms with E-state index in [0.29, 0.717) is 0 Å². The number of aromatic amines is 1. The van der Waals surface area contributed by atoms with Gasteiger partial charge in [-0.2, -0.15) is 0 Å². The summed E-state index contributed by atoms with van der Waals surface area (Å²) in [5.41, 5.74) is -0.401. The maximum absolute atomic E-state index is 11.6. The van der Waals surface area contributed by atoms with Crippen LogP contribution in [-0.2, 0) is 19.3 Å². The molecule has 1 saturated heterocycles. The molecule has 0 saturated carbocycles. The predicted octanol–water partition coefficient (Wildman–Crippen LogP) is -5.78. The second-order valence-electron chi connectivity index (χ2n) is 4.79. The molecule has 3 heterocycles. The van der Waals surface area contributed by atoms with Crippen LogP contribution < -0.4 is 35.1 Å². The van der Waals surface area contributed by atoms with Crippen molar-refractivity contribution < 1.29 is 61.7 Å². The maximum atomic E-state index is 11.6. The fourth-order valence-electron chi connectivity index (χ4n) is 2.30. The smallest absolute Gasteiger partial charge is 0.726 e. The van der Waals surface area contributed by atoms with Crippen LogP contribution in [0.3, 0.4) is 0 Å². The second-order valence-corrected chi connectivity index (χ2v) is 5.85. The number of nitrogens with one attached hydrogen (secondary N) is 1. The molecule has 1 aliphatic rings. The molecule has 24 heavy (non-hydrogen) atoms. The largest absolute Gasteiger partial charge is 1.00 e. The standard InChI is InChI=1S/C10H12N4O8S.Na/c15-6-4(1-21-23(18,19)20)22-10(7(6)16)14-3-13-5-8(14)11-2-12-9(5)17;/h2-4,6-7,10,15-16H,1H2,(H,11,12,17)(H,18,19,20);/q;+1/p-1/t4-,6?,7?,10?;/m1./s1. The molecule has 3 unspecified atom stereocenters. The molecule has 0 bridgehead atoms. The number of H-pyrrole nitrogens is 1. The Kier molecular flexibility index (Phi) is 5.79. The molecule has 0 radical (unpaired) electrons. The molecule has 0 aliphatic carbocycles. The Hall–Kier alpha value is -0.900. The Morgan fingerprint density at radius 1 is 1.38 bits per heavy atom. The van der Waals surface area contributed by atoms with Gasteiger partial charge in [-0.15, -0.1) is 0 Å². The van der Waals surface area contributed by atoms with Crippen LogP contribution in [0.4, 0.5) is 0 Å². The Labute approximate surface area is 156 Å². The Balaban J connectivity index is 0.00000208. The van der Waals surface area contributed by atoms with Crippen LogP contribution in [0.15, 0.2) is 17.4 Å². The molecule has 0 aromatic carbocycles.